The lowest BCUT2D eigenvalue weighted by Crippen LogP contribution is -2.52. The summed E-state index contributed by atoms with van der Waals surface area (Å²) in [6.07, 6.45) is 6.94. The van der Waals surface area contributed by atoms with Crippen LogP contribution < -0.4 is 11.1 Å². The molecule has 0 radical (unpaired) electrons. The number of carbonyl (C=O) groups excluding carboxylic acids is 1. The molecule has 21 heavy (non-hydrogen) atoms. The van der Waals surface area contributed by atoms with Crippen LogP contribution in [0.4, 0.5) is 0 Å². The molecule has 122 valence electrons. The van der Waals surface area contributed by atoms with E-state index >= 15 is 0 Å². The van der Waals surface area contributed by atoms with E-state index in [1.54, 1.807) is 11.3 Å². The standard InChI is InChI=1S/C14H23N3OS.2ClH/c1-3-10-8-16-12(19-10)9-17-13(18)11-6-4-5-7-14(11,2)15;;/h8,11H,3-7,9,15H2,1-2H3,(H,17,18);2*1H. The quantitative estimate of drug-likeness (QED) is 0.873. The van der Waals surface area contributed by atoms with Gasteiger partial charge in [-0.1, -0.05) is 19.8 Å². The number of carbonyl (C=O) groups is 1. The predicted molar refractivity (Wildman–Crippen MR) is 92.4 cm³/mol. The molecule has 1 aliphatic rings. The molecule has 1 heterocycles. The molecule has 7 heteroatoms. The van der Waals surface area contributed by atoms with Crippen molar-refractivity contribution in [3.05, 3.63) is 16.1 Å². The highest BCUT2D eigenvalue weighted by Gasteiger charge is 2.37. The summed E-state index contributed by atoms with van der Waals surface area (Å²) < 4.78 is 0. The Hall–Kier alpha value is -0.360. The van der Waals surface area contributed by atoms with E-state index in [9.17, 15) is 4.79 Å². The number of hydrogen-bond acceptors (Lipinski definition) is 4. The molecule has 0 saturated heterocycles. The fraction of sp³-hybridized carbons (Fsp3) is 0.714. The Bertz CT molecular complexity index is 451. The van der Waals surface area contributed by atoms with Crippen molar-refractivity contribution in [2.45, 2.75) is 58.0 Å². The van der Waals surface area contributed by atoms with E-state index in [0.29, 0.717) is 6.54 Å². The zero-order valence-corrected chi connectivity index (χ0v) is 15.0. The molecular formula is C14H25Cl2N3OS. The van der Waals surface area contributed by atoms with Gasteiger partial charge in [0.15, 0.2) is 0 Å². The van der Waals surface area contributed by atoms with E-state index in [4.69, 9.17) is 5.73 Å². The molecule has 1 fully saturated rings. The Balaban J connectivity index is 0.00000200. The fourth-order valence-corrected chi connectivity index (χ4v) is 3.47. The Morgan fingerprint density at radius 2 is 2.24 bits per heavy atom. The smallest absolute Gasteiger partial charge is 0.225 e. The van der Waals surface area contributed by atoms with E-state index in [-0.39, 0.29) is 42.2 Å². The predicted octanol–water partition coefficient (Wildman–Crippen LogP) is 3.07. The number of aromatic nitrogens is 1. The minimum Gasteiger partial charge on any atom is -0.349 e. The lowest BCUT2D eigenvalue weighted by molar-refractivity contribution is -0.128. The Morgan fingerprint density at radius 1 is 1.52 bits per heavy atom. The maximum Gasteiger partial charge on any atom is 0.225 e. The van der Waals surface area contributed by atoms with Crippen LogP contribution in [0.5, 0.6) is 0 Å². The highest BCUT2D eigenvalue weighted by molar-refractivity contribution is 7.11. The van der Waals surface area contributed by atoms with Gasteiger partial charge in [0.2, 0.25) is 5.91 Å². The first kappa shape index (κ1) is 20.6. The average Bonchev–Trinajstić information content (AvgIpc) is 2.83. The molecule has 2 rings (SSSR count). The van der Waals surface area contributed by atoms with Crippen molar-refractivity contribution in [1.29, 1.82) is 0 Å². The van der Waals surface area contributed by atoms with E-state index < -0.39 is 0 Å². The number of nitrogens with two attached hydrogens (primary N) is 1. The minimum atomic E-state index is -0.361. The minimum absolute atomic E-state index is 0. The first-order chi connectivity index (χ1) is 9.03. The molecule has 1 saturated carbocycles. The van der Waals surface area contributed by atoms with Crippen LogP contribution in [0.2, 0.25) is 0 Å². The van der Waals surface area contributed by atoms with Crippen LogP contribution in [-0.4, -0.2) is 16.4 Å². The van der Waals surface area contributed by atoms with Gasteiger partial charge in [0.05, 0.1) is 12.5 Å². The SMILES string of the molecule is CCc1cnc(CNC(=O)C2CCCCC2(C)N)s1.Cl.Cl. The zero-order valence-electron chi connectivity index (χ0n) is 12.6. The Morgan fingerprint density at radius 3 is 2.81 bits per heavy atom. The molecule has 1 amide bonds. The lowest BCUT2D eigenvalue weighted by atomic mass is 9.74. The molecule has 0 aromatic carbocycles. The van der Waals surface area contributed by atoms with Gasteiger partial charge < -0.3 is 11.1 Å². The summed E-state index contributed by atoms with van der Waals surface area (Å²) >= 11 is 1.66. The van der Waals surface area contributed by atoms with Crippen molar-refractivity contribution in [2.24, 2.45) is 11.7 Å². The molecular weight excluding hydrogens is 329 g/mol. The third-order valence-electron chi connectivity index (χ3n) is 3.93. The number of nitrogens with one attached hydrogen (secondary N) is 1. The third kappa shape index (κ3) is 5.40. The molecule has 0 spiro atoms. The van der Waals surface area contributed by atoms with E-state index in [2.05, 4.69) is 17.2 Å². The molecule has 1 aromatic heterocycles. The molecule has 1 aromatic rings. The molecule has 3 N–H and O–H groups in total. The van der Waals surface area contributed by atoms with Crippen LogP contribution in [0.1, 0.15) is 49.4 Å². The summed E-state index contributed by atoms with van der Waals surface area (Å²) in [6, 6.07) is 0. The summed E-state index contributed by atoms with van der Waals surface area (Å²) in [5.41, 5.74) is 5.88. The number of amides is 1. The number of aryl methyl sites for hydroxylation is 1. The molecule has 2 atom stereocenters. The number of thiazole rings is 1. The van der Waals surface area contributed by atoms with E-state index in [1.807, 2.05) is 13.1 Å². The normalized spacial score (nSPS) is 24.6. The fourth-order valence-electron chi connectivity index (χ4n) is 2.67. The summed E-state index contributed by atoms with van der Waals surface area (Å²) in [6.45, 7) is 4.63. The van der Waals surface area contributed by atoms with Crippen molar-refractivity contribution < 1.29 is 4.79 Å². The van der Waals surface area contributed by atoms with Crippen LogP contribution in [0.3, 0.4) is 0 Å². The maximum absolute atomic E-state index is 12.2. The van der Waals surface area contributed by atoms with E-state index in [0.717, 1.165) is 37.1 Å². The van der Waals surface area contributed by atoms with Crippen LogP contribution in [-0.2, 0) is 17.8 Å². The summed E-state index contributed by atoms with van der Waals surface area (Å²) in [5.74, 6) is 0.0183. The van der Waals surface area contributed by atoms with Gasteiger partial charge in [-0.3, -0.25) is 4.79 Å². The lowest BCUT2D eigenvalue weighted by Gasteiger charge is -2.37. The summed E-state index contributed by atoms with van der Waals surface area (Å²) in [7, 11) is 0. The summed E-state index contributed by atoms with van der Waals surface area (Å²) in [4.78, 5) is 17.8. The van der Waals surface area contributed by atoms with Crippen LogP contribution in [0.25, 0.3) is 0 Å². The second kappa shape index (κ2) is 8.93. The van der Waals surface area contributed by atoms with Gasteiger partial charge in [-0.05, 0) is 26.2 Å². The van der Waals surface area contributed by atoms with Gasteiger partial charge in [0, 0.05) is 16.6 Å². The van der Waals surface area contributed by atoms with Crippen LogP contribution >= 0.6 is 36.2 Å². The molecule has 0 aliphatic heterocycles. The molecule has 4 nitrogen and oxygen atoms in total. The van der Waals surface area contributed by atoms with Crippen LogP contribution in [0.15, 0.2) is 6.20 Å². The second-order valence-electron chi connectivity index (χ2n) is 5.60. The van der Waals surface area contributed by atoms with Crippen molar-refractivity contribution in [3.8, 4) is 0 Å². The van der Waals surface area contributed by atoms with Gasteiger partial charge in [-0.2, -0.15) is 0 Å². The molecule has 2 unspecified atom stereocenters. The second-order valence-corrected chi connectivity index (χ2v) is 6.80. The molecule has 1 aliphatic carbocycles. The Kier molecular flexibility index (Phi) is 8.78. The highest BCUT2D eigenvalue weighted by Crippen LogP contribution is 2.31. The topological polar surface area (TPSA) is 68.0 Å². The van der Waals surface area contributed by atoms with Gasteiger partial charge in [-0.15, -0.1) is 36.2 Å². The maximum atomic E-state index is 12.2. The van der Waals surface area contributed by atoms with Crippen molar-refractivity contribution in [2.75, 3.05) is 0 Å². The molecule has 0 bridgehead atoms. The van der Waals surface area contributed by atoms with Crippen molar-refractivity contribution in [3.63, 3.8) is 0 Å². The van der Waals surface area contributed by atoms with Gasteiger partial charge in [0.1, 0.15) is 5.01 Å². The highest BCUT2D eigenvalue weighted by atomic mass is 35.5. The summed E-state index contributed by atoms with van der Waals surface area (Å²) in [5, 5.41) is 3.96. The number of nitrogens with zero attached hydrogens (tertiary/aromatic N) is 1. The van der Waals surface area contributed by atoms with Crippen molar-refractivity contribution >= 4 is 42.1 Å². The van der Waals surface area contributed by atoms with Gasteiger partial charge in [0.25, 0.3) is 0 Å². The van der Waals surface area contributed by atoms with E-state index in [1.165, 1.54) is 4.88 Å². The number of halogens is 2. The first-order valence-electron chi connectivity index (χ1n) is 7.03. The average molecular weight is 354 g/mol. The zero-order chi connectivity index (χ0) is 13.9. The Labute approximate surface area is 143 Å². The van der Waals surface area contributed by atoms with Gasteiger partial charge in [-0.25, -0.2) is 4.98 Å². The third-order valence-corrected chi connectivity index (χ3v) is 5.08. The number of rotatable bonds is 4. The monoisotopic (exact) mass is 353 g/mol. The van der Waals surface area contributed by atoms with Gasteiger partial charge >= 0.3 is 0 Å². The largest absolute Gasteiger partial charge is 0.349 e. The first-order valence-corrected chi connectivity index (χ1v) is 7.84. The van der Waals surface area contributed by atoms with Crippen molar-refractivity contribution in [1.82, 2.24) is 10.3 Å². The number of hydrogen-bond donors (Lipinski definition) is 2. The van der Waals surface area contributed by atoms with Crippen LogP contribution in [0, 0.1) is 5.92 Å².